The van der Waals surface area contributed by atoms with Crippen LogP contribution in [0, 0.1) is 0 Å². The summed E-state index contributed by atoms with van der Waals surface area (Å²) in [4.78, 5) is 38.2. The fourth-order valence-corrected chi connectivity index (χ4v) is 8.29. The molecule has 0 aliphatic heterocycles. The predicted octanol–water partition coefficient (Wildman–Crippen LogP) is 21.2. The largest absolute Gasteiger partial charge is 0.462 e. The highest BCUT2D eigenvalue weighted by Gasteiger charge is 2.19. The van der Waals surface area contributed by atoms with Crippen molar-refractivity contribution >= 4 is 17.9 Å². The van der Waals surface area contributed by atoms with Gasteiger partial charge in [0.1, 0.15) is 13.2 Å². The van der Waals surface area contributed by atoms with Crippen LogP contribution in [0.15, 0.2) is 122 Å². The van der Waals surface area contributed by atoms with E-state index in [4.69, 9.17) is 14.2 Å². The van der Waals surface area contributed by atoms with Crippen molar-refractivity contribution in [2.24, 2.45) is 0 Å². The van der Waals surface area contributed by atoms with Gasteiger partial charge >= 0.3 is 17.9 Å². The summed E-state index contributed by atoms with van der Waals surface area (Å²) in [6.45, 7) is 6.41. The third-order valence-corrected chi connectivity index (χ3v) is 12.9. The van der Waals surface area contributed by atoms with Crippen LogP contribution in [0.1, 0.15) is 278 Å². The summed E-state index contributed by atoms with van der Waals surface area (Å²) in [5.74, 6) is -0.981. The standard InChI is InChI=1S/C69H114O6/c1-4-7-10-13-16-19-22-25-27-29-31-33-34-36-37-39-41-44-47-50-53-56-59-62-68(71)74-65-66(64-73-67(70)61-58-55-52-49-46-43-24-21-18-15-12-9-6-3)75-69(72)63-60-57-54-51-48-45-42-40-38-35-32-30-28-26-23-20-17-14-11-8-5-2/h7,10,12,15-16,19,21,24-25,27,30-33,36-37,41,44,50,53,66H,4-6,8-9,11,13-14,17-18,20,22-23,26,28-29,34-35,38-40,42-43,45-49,51-52,54-65H2,1-3H3/b10-7-,15-12-,19-16-,24-21-,27-25-,32-30-,33-31-,37-36-,44-41-,53-50-. The first-order valence-electron chi connectivity index (χ1n) is 31.0. The minimum Gasteiger partial charge on any atom is -0.462 e. The van der Waals surface area contributed by atoms with Crippen LogP contribution in [0.25, 0.3) is 0 Å². The Morgan fingerprint density at radius 1 is 0.280 bits per heavy atom. The van der Waals surface area contributed by atoms with E-state index in [1.54, 1.807) is 0 Å². The molecule has 1 atom stereocenters. The molecule has 0 amide bonds. The van der Waals surface area contributed by atoms with E-state index in [-0.39, 0.29) is 37.5 Å². The second-order valence-electron chi connectivity index (χ2n) is 20.2. The highest BCUT2D eigenvalue weighted by atomic mass is 16.6. The molecule has 0 aliphatic rings. The average molecular weight is 1040 g/mol. The molecule has 0 fully saturated rings. The number of hydrogen-bond donors (Lipinski definition) is 0. The van der Waals surface area contributed by atoms with Crippen LogP contribution in [-0.4, -0.2) is 37.2 Å². The molecule has 426 valence electrons. The number of unbranched alkanes of at least 4 members (excludes halogenated alkanes) is 24. The van der Waals surface area contributed by atoms with E-state index in [0.29, 0.717) is 19.3 Å². The molecule has 0 bridgehead atoms. The summed E-state index contributed by atoms with van der Waals surface area (Å²) in [7, 11) is 0. The maximum Gasteiger partial charge on any atom is 0.306 e. The van der Waals surface area contributed by atoms with Gasteiger partial charge in [-0.05, 0) is 122 Å². The monoisotopic (exact) mass is 1040 g/mol. The maximum absolute atomic E-state index is 12.9. The summed E-state index contributed by atoms with van der Waals surface area (Å²) < 4.78 is 16.8. The van der Waals surface area contributed by atoms with E-state index < -0.39 is 6.10 Å². The van der Waals surface area contributed by atoms with Gasteiger partial charge in [-0.1, -0.05) is 258 Å². The number of ether oxygens (including phenoxy) is 3. The van der Waals surface area contributed by atoms with E-state index in [1.165, 1.54) is 109 Å². The van der Waals surface area contributed by atoms with Crippen molar-refractivity contribution in [3.8, 4) is 0 Å². The first-order chi connectivity index (χ1) is 37.0. The molecule has 0 saturated carbocycles. The summed E-state index contributed by atoms with van der Waals surface area (Å²) in [6.07, 6.45) is 86.3. The Balaban J connectivity index is 4.46. The molecule has 6 heteroatoms. The SMILES string of the molecule is CC/C=C\C/C=C\C/C=C\C/C=C\C/C=C\C/C=C\C/C=C\CCCC(=O)OCC(COC(=O)CCCCCCC/C=C\C/C=C\CCC)OC(=O)CCCCCCCCCCC/C=C\CCCCCCCCCC. The van der Waals surface area contributed by atoms with Crippen molar-refractivity contribution in [2.75, 3.05) is 13.2 Å². The zero-order valence-corrected chi connectivity index (χ0v) is 48.8. The molecule has 0 radical (unpaired) electrons. The first kappa shape index (κ1) is 70.8. The van der Waals surface area contributed by atoms with Gasteiger partial charge in [-0.2, -0.15) is 0 Å². The maximum atomic E-state index is 12.9. The molecule has 0 aromatic rings. The molecule has 6 nitrogen and oxygen atoms in total. The van der Waals surface area contributed by atoms with Crippen molar-refractivity contribution < 1.29 is 28.6 Å². The summed E-state index contributed by atoms with van der Waals surface area (Å²) in [6, 6.07) is 0. The van der Waals surface area contributed by atoms with Gasteiger partial charge in [-0.25, -0.2) is 0 Å². The van der Waals surface area contributed by atoms with Crippen molar-refractivity contribution in [1.82, 2.24) is 0 Å². The number of hydrogen-bond acceptors (Lipinski definition) is 6. The van der Waals surface area contributed by atoms with E-state index >= 15 is 0 Å². The quantitative estimate of drug-likeness (QED) is 0.0261. The molecule has 0 aromatic carbocycles. The molecule has 0 saturated heterocycles. The molecule has 0 aliphatic carbocycles. The van der Waals surface area contributed by atoms with Crippen LogP contribution in [0.4, 0.5) is 0 Å². The summed E-state index contributed by atoms with van der Waals surface area (Å²) in [5, 5.41) is 0. The van der Waals surface area contributed by atoms with E-state index in [0.717, 1.165) is 122 Å². The molecule has 1 unspecified atom stereocenters. The fraction of sp³-hybridized carbons (Fsp3) is 0.667. The second-order valence-corrected chi connectivity index (χ2v) is 20.2. The Hall–Kier alpha value is -4.19. The molecule has 0 N–H and O–H groups in total. The highest BCUT2D eigenvalue weighted by Crippen LogP contribution is 2.15. The lowest BCUT2D eigenvalue weighted by molar-refractivity contribution is -0.167. The third-order valence-electron chi connectivity index (χ3n) is 12.9. The second kappa shape index (κ2) is 62.4. The number of carbonyl (C=O) groups excluding carboxylic acids is 3. The smallest absolute Gasteiger partial charge is 0.306 e. The first-order valence-corrected chi connectivity index (χ1v) is 31.0. The molecule has 0 heterocycles. The van der Waals surface area contributed by atoms with Gasteiger partial charge in [-0.3, -0.25) is 14.4 Å². The number of carbonyl (C=O) groups is 3. The van der Waals surface area contributed by atoms with Gasteiger partial charge in [0.15, 0.2) is 6.10 Å². The van der Waals surface area contributed by atoms with Gasteiger partial charge < -0.3 is 14.2 Å². The van der Waals surface area contributed by atoms with Crippen LogP contribution in [0.2, 0.25) is 0 Å². The van der Waals surface area contributed by atoms with Gasteiger partial charge in [0.2, 0.25) is 0 Å². The van der Waals surface area contributed by atoms with Crippen LogP contribution in [-0.2, 0) is 28.6 Å². The number of allylic oxidation sites excluding steroid dienone is 20. The molecule has 75 heavy (non-hydrogen) atoms. The molecule has 0 spiro atoms. The zero-order chi connectivity index (χ0) is 54.3. The minimum atomic E-state index is -0.813. The van der Waals surface area contributed by atoms with Crippen molar-refractivity contribution in [2.45, 2.75) is 284 Å². The Labute approximate surface area is 462 Å². The van der Waals surface area contributed by atoms with E-state index in [2.05, 4.69) is 142 Å². The van der Waals surface area contributed by atoms with Gasteiger partial charge in [0, 0.05) is 19.3 Å². The van der Waals surface area contributed by atoms with Crippen molar-refractivity contribution in [1.29, 1.82) is 0 Å². The zero-order valence-electron chi connectivity index (χ0n) is 48.8. The Morgan fingerprint density at radius 3 is 0.933 bits per heavy atom. The Bertz CT molecular complexity index is 1570. The highest BCUT2D eigenvalue weighted by molar-refractivity contribution is 5.71. The molecule has 0 aromatic heterocycles. The summed E-state index contributed by atoms with van der Waals surface area (Å²) in [5.41, 5.74) is 0. The van der Waals surface area contributed by atoms with Crippen molar-refractivity contribution in [3.63, 3.8) is 0 Å². The van der Waals surface area contributed by atoms with E-state index in [1.807, 2.05) is 0 Å². The van der Waals surface area contributed by atoms with E-state index in [9.17, 15) is 14.4 Å². The van der Waals surface area contributed by atoms with Crippen LogP contribution in [0.5, 0.6) is 0 Å². The average Bonchev–Trinajstić information content (AvgIpc) is 3.41. The Morgan fingerprint density at radius 2 is 0.560 bits per heavy atom. The van der Waals surface area contributed by atoms with Gasteiger partial charge in [0.05, 0.1) is 0 Å². The molecular formula is C69H114O6. The van der Waals surface area contributed by atoms with Crippen molar-refractivity contribution in [3.05, 3.63) is 122 Å². The molecular weight excluding hydrogens is 925 g/mol. The lowest BCUT2D eigenvalue weighted by Crippen LogP contribution is -2.30. The summed E-state index contributed by atoms with van der Waals surface area (Å²) >= 11 is 0. The lowest BCUT2D eigenvalue weighted by Gasteiger charge is -2.18. The number of esters is 3. The topological polar surface area (TPSA) is 78.9 Å². The normalized spacial score (nSPS) is 12.9. The lowest BCUT2D eigenvalue weighted by atomic mass is 10.1. The predicted molar refractivity (Wildman–Crippen MR) is 325 cm³/mol. The van der Waals surface area contributed by atoms with Crippen LogP contribution >= 0.6 is 0 Å². The number of rotatable bonds is 55. The Kier molecular flexibility index (Phi) is 58.9. The third kappa shape index (κ3) is 60.6. The minimum absolute atomic E-state index is 0.106. The van der Waals surface area contributed by atoms with Crippen LogP contribution in [0.3, 0.4) is 0 Å². The van der Waals surface area contributed by atoms with Gasteiger partial charge in [-0.15, -0.1) is 0 Å². The van der Waals surface area contributed by atoms with Crippen LogP contribution < -0.4 is 0 Å². The van der Waals surface area contributed by atoms with Gasteiger partial charge in [0.25, 0.3) is 0 Å². The fourth-order valence-electron chi connectivity index (χ4n) is 8.29. The molecule has 0 rings (SSSR count).